The molecule has 2 N–H and O–H groups in total. The van der Waals surface area contributed by atoms with Crippen molar-refractivity contribution in [2.45, 2.75) is 26.2 Å². The number of carbonyl (C=O) groups is 1. The quantitative estimate of drug-likeness (QED) is 0.904. The van der Waals surface area contributed by atoms with Crippen molar-refractivity contribution < 1.29 is 9.53 Å². The van der Waals surface area contributed by atoms with E-state index in [-0.39, 0.29) is 5.41 Å². The van der Waals surface area contributed by atoms with E-state index in [1.165, 1.54) is 12.7 Å². The van der Waals surface area contributed by atoms with E-state index >= 15 is 0 Å². The van der Waals surface area contributed by atoms with E-state index in [1.807, 2.05) is 12.1 Å². The predicted molar refractivity (Wildman–Crippen MR) is 86.5 cm³/mol. The van der Waals surface area contributed by atoms with Gasteiger partial charge in [0, 0.05) is 5.69 Å². The van der Waals surface area contributed by atoms with Crippen molar-refractivity contribution in [1.82, 2.24) is 10.2 Å². The number of benzene rings is 1. The van der Waals surface area contributed by atoms with Crippen molar-refractivity contribution >= 4 is 23.4 Å². The van der Waals surface area contributed by atoms with Crippen LogP contribution in [0, 0.1) is 0 Å². The molecule has 0 saturated heterocycles. The topological polar surface area (TPSA) is 76.1 Å². The predicted octanol–water partition coefficient (Wildman–Crippen LogP) is 3.70. The molecule has 1 heterocycles. The summed E-state index contributed by atoms with van der Waals surface area (Å²) in [4.78, 5) is 11.1. The smallest absolute Gasteiger partial charge is 0.412 e. The maximum absolute atomic E-state index is 11.1. The van der Waals surface area contributed by atoms with Gasteiger partial charge in [-0.05, 0) is 35.2 Å². The van der Waals surface area contributed by atoms with Gasteiger partial charge in [0.05, 0.1) is 7.11 Å². The Morgan fingerprint density at radius 1 is 1.00 bits per heavy atom. The summed E-state index contributed by atoms with van der Waals surface area (Å²) in [6.07, 6.45) is -0.576. The number of nitrogens with one attached hydrogen (secondary N) is 2. The fourth-order valence-corrected chi connectivity index (χ4v) is 1.82. The molecule has 0 saturated carbocycles. The third-order valence-electron chi connectivity index (χ3n) is 3.10. The zero-order valence-electron chi connectivity index (χ0n) is 13.2. The summed E-state index contributed by atoms with van der Waals surface area (Å²) in [7, 11) is 1.29. The average Bonchev–Trinajstić information content (AvgIpc) is 2.49. The minimum absolute atomic E-state index is 0.125. The highest BCUT2D eigenvalue weighted by molar-refractivity contribution is 5.83. The lowest BCUT2D eigenvalue weighted by atomic mass is 9.87. The Hall–Kier alpha value is -2.63. The number of aromatic nitrogens is 2. The molecule has 0 unspecified atom stereocenters. The van der Waals surface area contributed by atoms with E-state index in [9.17, 15) is 4.79 Å². The van der Waals surface area contributed by atoms with Gasteiger partial charge in [-0.3, -0.25) is 5.32 Å². The number of hydrogen-bond donors (Lipinski definition) is 2. The summed E-state index contributed by atoms with van der Waals surface area (Å²) < 4.78 is 4.49. The maximum atomic E-state index is 11.1. The van der Waals surface area contributed by atoms with Crippen molar-refractivity contribution in [2.24, 2.45) is 0 Å². The van der Waals surface area contributed by atoms with Crippen LogP contribution in [0.3, 0.4) is 0 Å². The van der Waals surface area contributed by atoms with Gasteiger partial charge < -0.3 is 10.1 Å². The highest BCUT2D eigenvalue weighted by Crippen LogP contribution is 2.24. The molecule has 0 bridgehead atoms. The molecule has 6 heteroatoms. The zero-order valence-corrected chi connectivity index (χ0v) is 13.2. The second kappa shape index (κ2) is 6.43. The molecule has 0 aliphatic heterocycles. The number of carbonyl (C=O) groups excluding carboxylic acids is 1. The Labute approximate surface area is 129 Å². The Kier molecular flexibility index (Phi) is 4.60. The molecule has 0 spiro atoms. The van der Waals surface area contributed by atoms with E-state index in [0.29, 0.717) is 11.6 Å². The van der Waals surface area contributed by atoms with Crippen LogP contribution in [0.15, 0.2) is 36.4 Å². The number of nitrogens with zero attached hydrogens (tertiary/aromatic N) is 2. The molecule has 1 aromatic heterocycles. The highest BCUT2D eigenvalue weighted by Gasteiger charge is 2.12. The first-order valence-electron chi connectivity index (χ1n) is 6.95. The van der Waals surface area contributed by atoms with Gasteiger partial charge in [-0.25, -0.2) is 4.79 Å². The van der Waals surface area contributed by atoms with Gasteiger partial charge in [0.25, 0.3) is 0 Å². The van der Waals surface area contributed by atoms with Crippen molar-refractivity contribution in [3.63, 3.8) is 0 Å². The van der Waals surface area contributed by atoms with Gasteiger partial charge in [0.15, 0.2) is 11.6 Å². The van der Waals surface area contributed by atoms with Gasteiger partial charge in [-0.15, -0.1) is 10.2 Å². The van der Waals surface area contributed by atoms with E-state index in [1.54, 1.807) is 12.1 Å². The number of amides is 1. The molecule has 0 aliphatic carbocycles. The summed E-state index contributed by atoms with van der Waals surface area (Å²) >= 11 is 0. The van der Waals surface area contributed by atoms with Crippen LogP contribution in [0.5, 0.6) is 0 Å². The van der Waals surface area contributed by atoms with Crippen molar-refractivity contribution in [3.05, 3.63) is 42.0 Å². The fraction of sp³-hybridized carbons (Fsp3) is 0.312. The molecule has 22 heavy (non-hydrogen) atoms. The molecule has 1 aromatic carbocycles. The average molecular weight is 300 g/mol. The van der Waals surface area contributed by atoms with Crippen LogP contribution < -0.4 is 10.6 Å². The Bertz CT molecular complexity index is 631. The minimum Gasteiger partial charge on any atom is -0.453 e. The minimum atomic E-state index is -0.576. The number of rotatable bonds is 3. The van der Waals surface area contributed by atoms with E-state index in [0.717, 1.165) is 5.69 Å². The standard InChI is InChI=1S/C16H20N4O2/c1-16(2,3)11-5-7-12(8-6-11)17-13-9-10-14(20-19-13)18-15(21)22-4/h5-10H,1-4H3,(H,17,19)(H,18,20,21). The van der Waals surface area contributed by atoms with Gasteiger partial charge in [0.1, 0.15) is 0 Å². The van der Waals surface area contributed by atoms with Gasteiger partial charge in [-0.2, -0.15) is 0 Å². The summed E-state index contributed by atoms with van der Waals surface area (Å²) in [5, 5.41) is 13.5. The third kappa shape index (κ3) is 4.18. The van der Waals surface area contributed by atoms with Crippen LogP contribution in [0.1, 0.15) is 26.3 Å². The monoisotopic (exact) mass is 300 g/mol. The van der Waals surface area contributed by atoms with Crippen LogP contribution >= 0.6 is 0 Å². The molecule has 116 valence electrons. The van der Waals surface area contributed by atoms with Crippen LogP contribution in [0.25, 0.3) is 0 Å². The first kappa shape index (κ1) is 15.8. The molecule has 2 rings (SSSR count). The van der Waals surface area contributed by atoms with Crippen LogP contribution in [0.4, 0.5) is 22.1 Å². The summed E-state index contributed by atoms with van der Waals surface area (Å²) in [5.41, 5.74) is 2.32. The molecule has 0 atom stereocenters. The molecule has 1 amide bonds. The molecule has 6 nitrogen and oxygen atoms in total. The third-order valence-corrected chi connectivity index (χ3v) is 3.10. The van der Waals surface area contributed by atoms with Crippen molar-refractivity contribution in [2.75, 3.05) is 17.7 Å². The highest BCUT2D eigenvalue weighted by atomic mass is 16.5. The molecule has 0 aliphatic rings. The second-order valence-electron chi connectivity index (χ2n) is 5.87. The lowest BCUT2D eigenvalue weighted by Gasteiger charge is -2.19. The van der Waals surface area contributed by atoms with E-state index in [4.69, 9.17) is 0 Å². The Balaban J connectivity index is 2.03. The first-order chi connectivity index (χ1) is 10.4. The Morgan fingerprint density at radius 3 is 2.09 bits per heavy atom. The second-order valence-corrected chi connectivity index (χ2v) is 5.87. The number of hydrogen-bond acceptors (Lipinski definition) is 5. The van der Waals surface area contributed by atoms with Crippen LogP contribution in [-0.2, 0) is 10.2 Å². The van der Waals surface area contributed by atoms with Gasteiger partial charge in [0.2, 0.25) is 0 Å². The lowest BCUT2D eigenvalue weighted by molar-refractivity contribution is 0.187. The summed E-state index contributed by atoms with van der Waals surface area (Å²) in [6.45, 7) is 6.52. The van der Waals surface area contributed by atoms with Crippen molar-refractivity contribution in [3.8, 4) is 0 Å². The molecule has 2 aromatic rings. The summed E-state index contributed by atoms with van der Waals surface area (Å²) in [6, 6.07) is 11.6. The van der Waals surface area contributed by atoms with Crippen LogP contribution in [0.2, 0.25) is 0 Å². The lowest BCUT2D eigenvalue weighted by Crippen LogP contribution is -2.12. The normalized spacial score (nSPS) is 10.9. The largest absolute Gasteiger partial charge is 0.453 e. The maximum Gasteiger partial charge on any atom is 0.412 e. The van der Waals surface area contributed by atoms with Gasteiger partial charge >= 0.3 is 6.09 Å². The first-order valence-corrected chi connectivity index (χ1v) is 6.95. The van der Waals surface area contributed by atoms with E-state index < -0.39 is 6.09 Å². The molecular weight excluding hydrogens is 280 g/mol. The number of anilines is 3. The van der Waals surface area contributed by atoms with Crippen LogP contribution in [-0.4, -0.2) is 23.4 Å². The van der Waals surface area contributed by atoms with Crippen molar-refractivity contribution in [1.29, 1.82) is 0 Å². The fourth-order valence-electron chi connectivity index (χ4n) is 1.82. The Morgan fingerprint density at radius 2 is 1.59 bits per heavy atom. The van der Waals surface area contributed by atoms with Gasteiger partial charge in [-0.1, -0.05) is 32.9 Å². The molecule has 0 radical (unpaired) electrons. The SMILES string of the molecule is COC(=O)Nc1ccc(Nc2ccc(C(C)(C)C)cc2)nn1. The summed E-state index contributed by atoms with van der Waals surface area (Å²) in [5.74, 6) is 0.930. The zero-order chi connectivity index (χ0) is 16.2. The molecular formula is C16H20N4O2. The molecule has 0 fully saturated rings. The number of ether oxygens (including phenoxy) is 1. The van der Waals surface area contributed by atoms with E-state index in [2.05, 4.69) is 58.5 Å². The number of methoxy groups -OCH3 is 1.